The van der Waals surface area contributed by atoms with Gasteiger partial charge in [-0.15, -0.1) is 0 Å². The minimum atomic E-state index is 0.143. The van der Waals surface area contributed by atoms with E-state index in [0.717, 1.165) is 32.1 Å². The number of ether oxygens (including phenoxy) is 2. The molecular formula is C15H31N3O2. The predicted octanol–water partition coefficient (Wildman–Crippen LogP) is 1.74. The number of hydrogen-bond donors (Lipinski definition) is 1. The Morgan fingerprint density at radius 1 is 1.20 bits per heavy atom. The highest BCUT2D eigenvalue weighted by Gasteiger charge is 2.53. The first-order valence-corrected chi connectivity index (χ1v) is 7.42. The molecule has 0 unspecified atom stereocenters. The second-order valence-corrected chi connectivity index (χ2v) is 6.46. The van der Waals surface area contributed by atoms with E-state index in [4.69, 9.17) is 9.47 Å². The number of hydrogen-bond acceptors (Lipinski definition) is 3. The predicted molar refractivity (Wildman–Crippen MR) is 83.2 cm³/mol. The molecule has 1 rings (SSSR count). The Morgan fingerprint density at radius 3 is 2.40 bits per heavy atom. The van der Waals surface area contributed by atoms with Gasteiger partial charge in [-0.3, -0.25) is 4.99 Å². The number of methoxy groups -OCH3 is 1. The maximum atomic E-state index is 5.45. The van der Waals surface area contributed by atoms with E-state index in [2.05, 4.69) is 42.9 Å². The second kappa shape index (κ2) is 7.27. The highest BCUT2D eigenvalue weighted by Crippen LogP contribution is 2.46. The van der Waals surface area contributed by atoms with Crippen molar-refractivity contribution in [3.63, 3.8) is 0 Å². The fourth-order valence-corrected chi connectivity index (χ4v) is 2.31. The summed E-state index contributed by atoms with van der Waals surface area (Å²) >= 11 is 0. The van der Waals surface area contributed by atoms with Gasteiger partial charge in [-0.25, -0.2) is 0 Å². The van der Waals surface area contributed by atoms with Gasteiger partial charge in [-0.1, -0.05) is 13.8 Å². The van der Waals surface area contributed by atoms with Crippen molar-refractivity contribution in [3.05, 3.63) is 0 Å². The molecule has 0 saturated carbocycles. The number of rotatable bonds is 7. The maximum absolute atomic E-state index is 5.45. The van der Waals surface area contributed by atoms with Crippen LogP contribution in [0.5, 0.6) is 0 Å². The van der Waals surface area contributed by atoms with E-state index >= 15 is 0 Å². The lowest BCUT2D eigenvalue weighted by molar-refractivity contribution is -0.0667. The highest BCUT2D eigenvalue weighted by molar-refractivity contribution is 5.81. The zero-order valence-corrected chi connectivity index (χ0v) is 14.0. The van der Waals surface area contributed by atoms with Crippen molar-refractivity contribution in [2.45, 2.75) is 39.7 Å². The van der Waals surface area contributed by atoms with Crippen LogP contribution in [0.1, 0.15) is 34.1 Å². The molecule has 0 bridgehead atoms. The number of guanidine groups is 1. The smallest absolute Gasteiger partial charge is 0.194 e. The summed E-state index contributed by atoms with van der Waals surface area (Å²) in [6, 6.07) is 0. The van der Waals surface area contributed by atoms with Crippen LogP contribution in [-0.2, 0) is 9.47 Å². The lowest BCUT2D eigenvalue weighted by Gasteiger charge is -2.62. The van der Waals surface area contributed by atoms with Crippen molar-refractivity contribution >= 4 is 5.96 Å². The third-order valence-electron chi connectivity index (χ3n) is 4.53. The van der Waals surface area contributed by atoms with Crippen molar-refractivity contribution in [2.24, 2.45) is 10.4 Å². The summed E-state index contributed by atoms with van der Waals surface area (Å²) in [6.45, 7) is 13.2. The van der Waals surface area contributed by atoms with E-state index in [-0.39, 0.29) is 5.54 Å². The molecule has 0 aromatic rings. The Balaban J connectivity index is 2.25. The SMILES string of the molecule is CN=C(NCCCOCCOC)N1CC(C)(C)C1(C)C. The second-order valence-electron chi connectivity index (χ2n) is 6.46. The summed E-state index contributed by atoms with van der Waals surface area (Å²) in [5, 5.41) is 3.42. The molecule has 1 fully saturated rings. The first kappa shape index (κ1) is 17.2. The Labute approximate surface area is 123 Å². The third-order valence-corrected chi connectivity index (χ3v) is 4.53. The average Bonchev–Trinajstić information content (AvgIpc) is 2.40. The van der Waals surface area contributed by atoms with E-state index in [1.54, 1.807) is 7.11 Å². The summed E-state index contributed by atoms with van der Waals surface area (Å²) < 4.78 is 10.4. The van der Waals surface area contributed by atoms with Crippen LogP contribution in [0.3, 0.4) is 0 Å². The van der Waals surface area contributed by atoms with Crippen LogP contribution in [0.4, 0.5) is 0 Å². The van der Waals surface area contributed by atoms with Gasteiger partial charge in [0, 0.05) is 44.8 Å². The molecule has 1 aliphatic heterocycles. The summed E-state index contributed by atoms with van der Waals surface area (Å²) in [5.41, 5.74) is 0.470. The molecule has 0 aliphatic carbocycles. The van der Waals surface area contributed by atoms with Gasteiger partial charge in [-0.2, -0.15) is 0 Å². The fraction of sp³-hybridized carbons (Fsp3) is 0.933. The zero-order valence-electron chi connectivity index (χ0n) is 14.0. The third kappa shape index (κ3) is 3.85. The van der Waals surface area contributed by atoms with Crippen molar-refractivity contribution in [1.82, 2.24) is 10.2 Å². The summed E-state index contributed by atoms with van der Waals surface area (Å²) in [4.78, 5) is 6.74. The zero-order chi connectivity index (χ0) is 15.2. The fourth-order valence-electron chi connectivity index (χ4n) is 2.31. The molecular weight excluding hydrogens is 254 g/mol. The quantitative estimate of drug-likeness (QED) is 0.440. The molecule has 0 aromatic carbocycles. The molecule has 5 nitrogen and oxygen atoms in total. The van der Waals surface area contributed by atoms with Gasteiger partial charge >= 0.3 is 0 Å². The molecule has 20 heavy (non-hydrogen) atoms. The van der Waals surface area contributed by atoms with Crippen molar-refractivity contribution < 1.29 is 9.47 Å². The molecule has 1 heterocycles. The van der Waals surface area contributed by atoms with Gasteiger partial charge in [0.2, 0.25) is 0 Å². The Morgan fingerprint density at radius 2 is 1.90 bits per heavy atom. The van der Waals surface area contributed by atoms with Gasteiger partial charge in [0.25, 0.3) is 0 Å². The van der Waals surface area contributed by atoms with Gasteiger partial charge in [0.15, 0.2) is 5.96 Å². The highest BCUT2D eigenvalue weighted by atomic mass is 16.5. The summed E-state index contributed by atoms with van der Waals surface area (Å²) in [6.07, 6.45) is 0.973. The molecule has 1 saturated heterocycles. The van der Waals surface area contributed by atoms with Crippen LogP contribution >= 0.6 is 0 Å². The van der Waals surface area contributed by atoms with Crippen molar-refractivity contribution in [1.29, 1.82) is 0 Å². The Kier molecular flexibility index (Phi) is 6.27. The number of nitrogens with zero attached hydrogens (tertiary/aromatic N) is 2. The van der Waals surface area contributed by atoms with E-state index in [1.165, 1.54) is 0 Å². The van der Waals surface area contributed by atoms with Gasteiger partial charge in [0.1, 0.15) is 0 Å². The van der Waals surface area contributed by atoms with Crippen molar-refractivity contribution in [2.75, 3.05) is 47.1 Å². The monoisotopic (exact) mass is 285 g/mol. The molecule has 0 aromatic heterocycles. The molecule has 0 atom stereocenters. The lowest BCUT2D eigenvalue weighted by atomic mass is 9.65. The molecule has 5 heteroatoms. The molecule has 118 valence electrons. The minimum absolute atomic E-state index is 0.143. The Hall–Kier alpha value is -0.810. The van der Waals surface area contributed by atoms with E-state index < -0.39 is 0 Å². The first-order valence-electron chi connectivity index (χ1n) is 7.42. The van der Waals surface area contributed by atoms with Crippen LogP contribution < -0.4 is 5.32 Å². The van der Waals surface area contributed by atoms with Crippen LogP contribution in [-0.4, -0.2) is 63.5 Å². The molecule has 0 radical (unpaired) electrons. The number of aliphatic imine (C=N–C) groups is 1. The molecule has 0 amide bonds. The minimum Gasteiger partial charge on any atom is -0.382 e. The summed E-state index contributed by atoms with van der Waals surface area (Å²) in [7, 11) is 3.53. The average molecular weight is 285 g/mol. The summed E-state index contributed by atoms with van der Waals surface area (Å²) in [5.74, 6) is 0.992. The van der Waals surface area contributed by atoms with Crippen LogP contribution in [0.15, 0.2) is 4.99 Å². The largest absolute Gasteiger partial charge is 0.382 e. The number of likely N-dealkylation sites (tertiary alicyclic amines) is 1. The van der Waals surface area contributed by atoms with Crippen LogP contribution in [0.25, 0.3) is 0 Å². The standard InChI is InChI=1S/C15H31N3O2/c1-14(2)12-18(15(14,3)4)13(16-5)17-8-7-9-20-11-10-19-6/h7-12H2,1-6H3,(H,16,17). The normalized spacial score (nSPS) is 20.7. The van der Waals surface area contributed by atoms with Crippen LogP contribution in [0, 0.1) is 5.41 Å². The van der Waals surface area contributed by atoms with Crippen molar-refractivity contribution in [3.8, 4) is 0 Å². The number of nitrogens with one attached hydrogen (secondary N) is 1. The van der Waals surface area contributed by atoms with E-state index in [9.17, 15) is 0 Å². The molecule has 0 spiro atoms. The van der Waals surface area contributed by atoms with Gasteiger partial charge < -0.3 is 19.7 Å². The van der Waals surface area contributed by atoms with Gasteiger partial charge in [0.05, 0.1) is 13.2 Å². The van der Waals surface area contributed by atoms with E-state index in [1.807, 2.05) is 7.05 Å². The maximum Gasteiger partial charge on any atom is 0.194 e. The van der Waals surface area contributed by atoms with E-state index in [0.29, 0.717) is 18.6 Å². The molecule has 1 aliphatic rings. The lowest BCUT2D eigenvalue weighted by Crippen LogP contribution is -2.72. The Bertz CT molecular complexity index is 327. The van der Waals surface area contributed by atoms with Crippen LogP contribution in [0.2, 0.25) is 0 Å². The topological polar surface area (TPSA) is 46.1 Å². The first-order chi connectivity index (χ1) is 9.36. The van der Waals surface area contributed by atoms with Gasteiger partial charge in [-0.05, 0) is 20.3 Å². The molecule has 1 N–H and O–H groups in total.